The van der Waals surface area contributed by atoms with Gasteiger partial charge in [-0.15, -0.1) is 5.06 Å². The molecular weight excluding hydrogens is 390 g/mol. The van der Waals surface area contributed by atoms with E-state index in [-0.39, 0.29) is 6.17 Å². The Morgan fingerprint density at radius 1 is 0.885 bits per heavy atom. The molecule has 130 valence electrons. The molecule has 3 aromatic carbocycles. The number of hydrogen-bond donors (Lipinski definition) is 0. The second-order valence-electron chi connectivity index (χ2n) is 6.00. The normalized spacial score (nSPS) is 18.9. The Hall–Kier alpha value is -2.63. The van der Waals surface area contributed by atoms with Crippen LogP contribution in [0.25, 0.3) is 0 Å². The maximum absolute atomic E-state index is 6.03. The van der Waals surface area contributed by atoms with E-state index in [1.165, 1.54) is 0 Å². The third-order valence-corrected chi connectivity index (χ3v) is 4.68. The Kier molecular flexibility index (Phi) is 4.73. The van der Waals surface area contributed by atoms with Gasteiger partial charge in [-0.05, 0) is 42.0 Å². The van der Waals surface area contributed by atoms with Crippen molar-refractivity contribution >= 4 is 33.3 Å². The Bertz CT molecular complexity index is 915. The van der Waals surface area contributed by atoms with E-state index in [9.17, 15) is 0 Å². The first kappa shape index (κ1) is 16.8. The lowest BCUT2D eigenvalue weighted by atomic mass is 10.1. The molecule has 1 atom stereocenters. The van der Waals surface area contributed by atoms with Crippen LogP contribution in [0.15, 0.2) is 94.4 Å². The molecule has 1 fully saturated rings. The molecule has 4 nitrogen and oxygen atoms in total. The molecular formula is C21H18BrN3O. The number of halogens is 1. The molecule has 0 radical (unpaired) electrons. The van der Waals surface area contributed by atoms with Crippen molar-refractivity contribution in [3.63, 3.8) is 0 Å². The van der Waals surface area contributed by atoms with Crippen molar-refractivity contribution in [2.75, 3.05) is 11.9 Å². The SMILES string of the molecule is CN1OC(=Nc2ccccc2)N(c2ccccc2)C1c1cccc(Br)c1. The number of hydrogen-bond acceptors (Lipinski definition) is 3. The van der Waals surface area contributed by atoms with Crippen molar-refractivity contribution < 1.29 is 4.84 Å². The lowest BCUT2D eigenvalue weighted by Crippen LogP contribution is -2.30. The molecule has 0 saturated carbocycles. The molecule has 3 aromatic rings. The van der Waals surface area contributed by atoms with Gasteiger partial charge in [0.1, 0.15) is 0 Å². The molecule has 0 spiro atoms. The highest BCUT2D eigenvalue weighted by molar-refractivity contribution is 9.10. The first-order valence-corrected chi connectivity index (χ1v) is 9.16. The maximum Gasteiger partial charge on any atom is 0.319 e. The van der Waals surface area contributed by atoms with Gasteiger partial charge in [0.25, 0.3) is 0 Å². The zero-order valence-electron chi connectivity index (χ0n) is 14.3. The largest absolute Gasteiger partial charge is 0.365 e. The summed E-state index contributed by atoms with van der Waals surface area (Å²) in [5.41, 5.74) is 2.99. The summed E-state index contributed by atoms with van der Waals surface area (Å²) in [7, 11) is 1.93. The van der Waals surface area contributed by atoms with E-state index < -0.39 is 0 Å². The van der Waals surface area contributed by atoms with Crippen LogP contribution in [-0.4, -0.2) is 18.1 Å². The highest BCUT2D eigenvalue weighted by atomic mass is 79.9. The fourth-order valence-electron chi connectivity index (χ4n) is 3.04. The van der Waals surface area contributed by atoms with Crippen molar-refractivity contribution in [3.8, 4) is 0 Å². The van der Waals surface area contributed by atoms with E-state index in [0.717, 1.165) is 21.4 Å². The molecule has 1 unspecified atom stereocenters. The van der Waals surface area contributed by atoms with Crippen molar-refractivity contribution in [3.05, 3.63) is 95.0 Å². The van der Waals surface area contributed by atoms with Crippen LogP contribution in [0.2, 0.25) is 0 Å². The standard InChI is InChI=1S/C21H18BrN3O/c1-24-20(16-9-8-10-17(22)15-16)25(19-13-6-3-7-14-19)21(26-24)23-18-11-4-2-5-12-18/h2-15,20H,1H3. The van der Waals surface area contributed by atoms with Gasteiger partial charge in [0.15, 0.2) is 6.17 Å². The summed E-state index contributed by atoms with van der Waals surface area (Å²) in [6.45, 7) is 0. The number of anilines is 1. The fraction of sp³-hybridized carbons (Fsp3) is 0.0952. The fourth-order valence-corrected chi connectivity index (χ4v) is 3.46. The Labute approximate surface area is 161 Å². The number of benzene rings is 3. The summed E-state index contributed by atoms with van der Waals surface area (Å²) < 4.78 is 1.03. The lowest BCUT2D eigenvalue weighted by Gasteiger charge is -2.25. The van der Waals surface area contributed by atoms with E-state index in [1.807, 2.05) is 72.8 Å². The first-order chi connectivity index (χ1) is 12.7. The molecule has 0 aliphatic carbocycles. The second-order valence-corrected chi connectivity index (χ2v) is 6.92. The minimum Gasteiger partial charge on any atom is -0.365 e. The Morgan fingerprint density at radius 3 is 2.27 bits per heavy atom. The quantitative estimate of drug-likeness (QED) is 0.571. The van der Waals surface area contributed by atoms with Gasteiger partial charge >= 0.3 is 6.02 Å². The number of para-hydroxylation sites is 2. The Morgan fingerprint density at radius 2 is 1.58 bits per heavy atom. The predicted molar refractivity (Wildman–Crippen MR) is 108 cm³/mol. The van der Waals surface area contributed by atoms with E-state index >= 15 is 0 Å². The highest BCUT2D eigenvalue weighted by Gasteiger charge is 2.38. The zero-order valence-corrected chi connectivity index (χ0v) is 15.9. The molecule has 1 aliphatic rings. The highest BCUT2D eigenvalue weighted by Crippen LogP contribution is 2.37. The van der Waals surface area contributed by atoms with Gasteiger partial charge in [-0.2, -0.15) is 4.99 Å². The van der Waals surface area contributed by atoms with Crippen molar-refractivity contribution in [2.45, 2.75) is 6.17 Å². The number of aliphatic imine (C=N–C) groups is 1. The van der Waals surface area contributed by atoms with Gasteiger partial charge in [-0.3, -0.25) is 4.90 Å². The van der Waals surface area contributed by atoms with Gasteiger partial charge in [0.05, 0.1) is 5.69 Å². The molecule has 1 aliphatic heterocycles. The topological polar surface area (TPSA) is 28.1 Å². The van der Waals surface area contributed by atoms with Gasteiger partial charge < -0.3 is 4.84 Å². The van der Waals surface area contributed by atoms with E-state index in [0.29, 0.717) is 6.02 Å². The summed E-state index contributed by atoms with van der Waals surface area (Å²) in [4.78, 5) is 12.9. The third kappa shape index (κ3) is 3.36. The van der Waals surface area contributed by atoms with Gasteiger partial charge in [0.2, 0.25) is 0 Å². The van der Waals surface area contributed by atoms with E-state index in [4.69, 9.17) is 9.83 Å². The second kappa shape index (κ2) is 7.32. The third-order valence-electron chi connectivity index (χ3n) is 4.18. The van der Waals surface area contributed by atoms with Crippen LogP contribution >= 0.6 is 15.9 Å². The number of hydroxylamine groups is 2. The van der Waals surface area contributed by atoms with Crippen molar-refractivity contribution in [2.24, 2.45) is 4.99 Å². The maximum atomic E-state index is 6.03. The molecule has 0 amide bonds. The smallest absolute Gasteiger partial charge is 0.319 e. The van der Waals surface area contributed by atoms with Crippen molar-refractivity contribution in [1.29, 1.82) is 0 Å². The number of nitrogens with zero attached hydrogens (tertiary/aromatic N) is 3. The first-order valence-electron chi connectivity index (χ1n) is 8.37. The van der Waals surface area contributed by atoms with E-state index in [1.54, 1.807) is 0 Å². The van der Waals surface area contributed by atoms with Crippen LogP contribution in [0, 0.1) is 0 Å². The zero-order chi connectivity index (χ0) is 17.9. The summed E-state index contributed by atoms with van der Waals surface area (Å²) in [5.74, 6) is 0. The van der Waals surface area contributed by atoms with Crippen LogP contribution in [0.1, 0.15) is 11.7 Å². The summed E-state index contributed by atoms with van der Waals surface area (Å²) in [6, 6.07) is 28.8. The molecule has 1 heterocycles. The monoisotopic (exact) mass is 407 g/mol. The van der Waals surface area contributed by atoms with Gasteiger partial charge in [0, 0.05) is 17.2 Å². The molecule has 0 aromatic heterocycles. The minimum atomic E-state index is -0.114. The average molecular weight is 408 g/mol. The molecule has 5 heteroatoms. The van der Waals surface area contributed by atoms with Crippen LogP contribution in [0.3, 0.4) is 0 Å². The lowest BCUT2D eigenvalue weighted by molar-refractivity contribution is -0.0493. The molecule has 0 bridgehead atoms. The average Bonchev–Trinajstić information content (AvgIpc) is 2.99. The van der Waals surface area contributed by atoms with Gasteiger partial charge in [-0.25, -0.2) is 0 Å². The molecule has 4 rings (SSSR count). The predicted octanol–water partition coefficient (Wildman–Crippen LogP) is 5.52. The van der Waals surface area contributed by atoms with Crippen molar-refractivity contribution in [1.82, 2.24) is 5.06 Å². The van der Waals surface area contributed by atoms with Crippen LogP contribution < -0.4 is 4.90 Å². The summed E-state index contributed by atoms with van der Waals surface area (Å²) in [6.07, 6.45) is -0.114. The minimum absolute atomic E-state index is 0.114. The number of rotatable bonds is 3. The Balaban J connectivity index is 1.82. The molecule has 1 saturated heterocycles. The molecule has 26 heavy (non-hydrogen) atoms. The van der Waals surface area contributed by atoms with Crippen LogP contribution in [0.5, 0.6) is 0 Å². The molecule has 0 N–H and O–H groups in total. The van der Waals surface area contributed by atoms with Gasteiger partial charge in [-0.1, -0.05) is 64.5 Å². The summed E-state index contributed by atoms with van der Waals surface area (Å²) >= 11 is 3.57. The number of amidine groups is 1. The van der Waals surface area contributed by atoms with E-state index in [2.05, 4.69) is 45.1 Å². The van der Waals surface area contributed by atoms with Crippen LogP contribution in [-0.2, 0) is 4.84 Å². The van der Waals surface area contributed by atoms with Crippen LogP contribution in [0.4, 0.5) is 11.4 Å². The summed E-state index contributed by atoms with van der Waals surface area (Å²) in [5, 5.41) is 1.83.